The second-order valence-corrected chi connectivity index (χ2v) is 12.6. The Hall–Kier alpha value is -2.75. The molecule has 0 aliphatic carbocycles. The number of amides is 1. The lowest BCUT2D eigenvalue weighted by Crippen LogP contribution is -2.46. The number of rotatable bonds is 11. The fourth-order valence-corrected chi connectivity index (χ4v) is 6.23. The number of carbonyl (C=O) groups is 2. The van der Waals surface area contributed by atoms with Crippen LogP contribution in [0.25, 0.3) is 10.9 Å². The lowest BCUT2D eigenvalue weighted by Gasteiger charge is -2.38. The molecule has 2 N–H and O–H groups in total. The van der Waals surface area contributed by atoms with E-state index in [4.69, 9.17) is 21.3 Å². The Labute approximate surface area is 259 Å². The number of piperidine rings is 1. The molecule has 0 radical (unpaired) electrons. The fraction of sp³-hybridized carbons (Fsp3) is 0.469. The summed E-state index contributed by atoms with van der Waals surface area (Å²) in [7, 11) is 0. The minimum Gasteiger partial charge on any atom is -0.431 e. The Bertz CT molecular complexity index is 1440. The average Bonchev–Trinajstić information content (AvgIpc) is 2.92. The fourth-order valence-electron chi connectivity index (χ4n) is 5.58. The van der Waals surface area contributed by atoms with Crippen molar-refractivity contribution < 1.29 is 23.8 Å². The van der Waals surface area contributed by atoms with Crippen molar-refractivity contribution in [1.82, 2.24) is 10.3 Å². The molecule has 1 saturated heterocycles. The van der Waals surface area contributed by atoms with Crippen molar-refractivity contribution in [2.75, 3.05) is 24.5 Å². The lowest BCUT2D eigenvalue weighted by atomic mass is 9.93. The van der Waals surface area contributed by atoms with Gasteiger partial charge in [-0.1, -0.05) is 52.7 Å². The molecular formula is C32H38BrClFN3O4. The average molecular weight is 663 g/mol. The molecule has 2 aromatic carbocycles. The van der Waals surface area contributed by atoms with E-state index in [9.17, 15) is 19.1 Å². The van der Waals surface area contributed by atoms with Crippen LogP contribution in [0, 0.1) is 6.92 Å². The van der Waals surface area contributed by atoms with E-state index in [1.54, 1.807) is 6.07 Å². The van der Waals surface area contributed by atoms with Crippen LogP contribution >= 0.6 is 27.5 Å². The molecule has 10 heteroatoms. The first kappa shape index (κ1) is 32.2. The van der Waals surface area contributed by atoms with Crippen molar-refractivity contribution >= 4 is 56.1 Å². The van der Waals surface area contributed by atoms with Crippen LogP contribution in [0.5, 0.6) is 0 Å². The van der Waals surface area contributed by atoms with E-state index in [0.29, 0.717) is 53.1 Å². The number of nitrogens with one attached hydrogen (secondary N) is 1. The van der Waals surface area contributed by atoms with Crippen molar-refractivity contribution in [3.63, 3.8) is 0 Å². The Balaban J connectivity index is 1.61. The van der Waals surface area contributed by atoms with E-state index in [0.717, 1.165) is 28.6 Å². The maximum absolute atomic E-state index is 13.9. The molecule has 1 aromatic heterocycles. The normalized spacial score (nSPS) is 18.5. The Kier molecular flexibility index (Phi) is 10.8. The first-order valence-electron chi connectivity index (χ1n) is 14.4. The van der Waals surface area contributed by atoms with Gasteiger partial charge in [0.05, 0.1) is 16.7 Å². The highest BCUT2D eigenvalue weighted by atomic mass is 79.9. The zero-order valence-corrected chi connectivity index (χ0v) is 26.6. The smallest absolute Gasteiger partial charge is 0.308 e. The molecule has 4 rings (SSSR count). The number of fused-ring (bicyclic) bond motifs is 1. The number of alkyl halides is 1. The van der Waals surface area contributed by atoms with Crippen molar-refractivity contribution in [1.29, 1.82) is 0 Å². The molecule has 3 aromatic rings. The molecular weight excluding hydrogens is 625 g/mol. The number of aliphatic hydroxyl groups is 1. The van der Waals surface area contributed by atoms with E-state index >= 15 is 0 Å². The van der Waals surface area contributed by atoms with Crippen LogP contribution in [0.15, 0.2) is 46.9 Å². The molecule has 1 amide bonds. The van der Waals surface area contributed by atoms with Crippen molar-refractivity contribution in [3.8, 4) is 0 Å². The van der Waals surface area contributed by atoms with Gasteiger partial charge < -0.3 is 20.1 Å². The number of aromatic nitrogens is 1. The summed E-state index contributed by atoms with van der Waals surface area (Å²) in [6, 6.07) is 12.9. The standard InChI is InChI=1S/C32H38BrClFN3O4/c1-4-8-27(35)42-28(39)14-11-21(23-9-5-6-10-25(23)34)18-36-31(40)29-20(2)30(38-16-7-15-32(3,41)19-38)37-26-13-12-22(33)17-24(26)29/h5-6,9-10,12-13,17,21,27,41H,4,7-8,11,14-16,18-19H2,1-3H3,(H,36,40). The second kappa shape index (κ2) is 14.1. The Morgan fingerprint density at radius 3 is 2.74 bits per heavy atom. The van der Waals surface area contributed by atoms with Crippen LogP contribution in [-0.4, -0.2) is 53.6 Å². The highest BCUT2D eigenvalue weighted by Crippen LogP contribution is 2.34. The first-order chi connectivity index (χ1) is 20.0. The first-order valence-corrected chi connectivity index (χ1v) is 15.6. The predicted molar refractivity (Wildman–Crippen MR) is 168 cm³/mol. The predicted octanol–water partition coefficient (Wildman–Crippen LogP) is 7.24. The Morgan fingerprint density at radius 1 is 1.26 bits per heavy atom. The summed E-state index contributed by atoms with van der Waals surface area (Å²) in [5, 5.41) is 15.0. The van der Waals surface area contributed by atoms with Crippen LogP contribution < -0.4 is 10.2 Å². The van der Waals surface area contributed by atoms with E-state index in [2.05, 4.69) is 21.2 Å². The van der Waals surface area contributed by atoms with Gasteiger partial charge in [0.1, 0.15) is 5.82 Å². The quantitative estimate of drug-likeness (QED) is 0.210. The molecule has 2 heterocycles. The van der Waals surface area contributed by atoms with Gasteiger partial charge in [-0.3, -0.25) is 9.59 Å². The number of esters is 1. The molecule has 1 fully saturated rings. The number of β-amino-alcohol motifs (C(OH)–C–C–N with tert-alkyl or cyclic N) is 1. The van der Waals surface area contributed by atoms with E-state index in [1.807, 2.05) is 62.1 Å². The number of nitrogens with zero attached hydrogens (tertiary/aromatic N) is 2. The zero-order chi connectivity index (χ0) is 30.4. The Morgan fingerprint density at radius 2 is 2.02 bits per heavy atom. The van der Waals surface area contributed by atoms with Crippen LogP contribution in [0.4, 0.5) is 10.2 Å². The summed E-state index contributed by atoms with van der Waals surface area (Å²) < 4.78 is 19.6. The third-order valence-electron chi connectivity index (χ3n) is 7.69. The molecule has 0 bridgehead atoms. The molecule has 3 unspecified atom stereocenters. The zero-order valence-electron chi connectivity index (χ0n) is 24.3. The minimum atomic E-state index is -1.62. The molecule has 1 aliphatic heterocycles. The molecule has 42 heavy (non-hydrogen) atoms. The molecule has 0 saturated carbocycles. The summed E-state index contributed by atoms with van der Waals surface area (Å²) in [4.78, 5) is 33.2. The van der Waals surface area contributed by atoms with Crippen LogP contribution in [0.3, 0.4) is 0 Å². The number of hydrogen-bond donors (Lipinski definition) is 2. The lowest BCUT2D eigenvalue weighted by molar-refractivity contribution is -0.158. The van der Waals surface area contributed by atoms with Crippen molar-refractivity contribution in [2.45, 2.75) is 77.2 Å². The summed E-state index contributed by atoms with van der Waals surface area (Å²) in [6.45, 7) is 6.88. The van der Waals surface area contributed by atoms with Gasteiger partial charge in [-0.2, -0.15) is 0 Å². The highest BCUT2D eigenvalue weighted by molar-refractivity contribution is 9.10. The number of pyridine rings is 1. The van der Waals surface area contributed by atoms with Gasteiger partial charge in [0.15, 0.2) is 0 Å². The van der Waals surface area contributed by atoms with Gasteiger partial charge >= 0.3 is 5.97 Å². The van der Waals surface area contributed by atoms with Gasteiger partial charge in [-0.25, -0.2) is 9.37 Å². The minimum absolute atomic E-state index is 0.0148. The molecule has 3 atom stereocenters. The monoisotopic (exact) mass is 661 g/mol. The number of anilines is 1. The summed E-state index contributed by atoms with van der Waals surface area (Å²) in [5.74, 6) is -0.541. The maximum atomic E-state index is 13.9. The molecule has 226 valence electrons. The summed E-state index contributed by atoms with van der Waals surface area (Å²) in [6.07, 6.45) is 0.927. The maximum Gasteiger partial charge on any atom is 0.308 e. The van der Waals surface area contributed by atoms with Crippen LogP contribution in [0.1, 0.15) is 79.8 Å². The van der Waals surface area contributed by atoms with Gasteiger partial charge in [-0.05, 0) is 69.4 Å². The van der Waals surface area contributed by atoms with Gasteiger partial charge in [0, 0.05) is 58.8 Å². The van der Waals surface area contributed by atoms with E-state index in [1.165, 1.54) is 0 Å². The van der Waals surface area contributed by atoms with E-state index < -0.39 is 17.9 Å². The second-order valence-electron chi connectivity index (χ2n) is 11.3. The van der Waals surface area contributed by atoms with Gasteiger partial charge in [-0.15, -0.1) is 0 Å². The highest BCUT2D eigenvalue weighted by Gasteiger charge is 2.31. The summed E-state index contributed by atoms with van der Waals surface area (Å²) in [5.41, 5.74) is 1.84. The van der Waals surface area contributed by atoms with Crippen LogP contribution in [0.2, 0.25) is 5.02 Å². The molecule has 1 aliphatic rings. The van der Waals surface area contributed by atoms with E-state index in [-0.39, 0.29) is 31.2 Å². The molecule has 7 nitrogen and oxygen atoms in total. The topological polar surface area (TPSA) is 91.8 Å². The van der Waals surface area contributed by atoms with Crippen molar-refractivity contribution in [2.24, 2.45) is 0 Å². The third-order valence-corrected chi connectivity index (χ3v) is 8.53. The van der Waals surface area contributed by atoms with Crippen molar-refractivity contribution in [3.05, 3.63) is 68.7 Å². The van der Waals surface area contributed by atoms with Gasteiger partial charge in [0.25, 0.3) is 5.91 Å². The number of halogens is 3. The van der Waals surface area contributed by atoms with Crippen LogP contribution in [-0.2, 0) is 9.53 Å². The largest absolute Gasteiger partial charge is 0.431 e. The number of hydrogen-bond acceptors (Lipinski definition) is 6. The third kappa shape index (κ3) is 7.99. The molecule has 0 spiro atoms. The number of benzene rings is 2. The SMILES string of the molecule is CCCC(F)OC(=O)CCC(CNC(=O)c1c(C)c(N2CCCC(C)(O)C2)nc2ccc(Br)cc12)c1ccccc1Cl. The van der Waals surface area contributed by atoms with Gasteiger partial charge in [0.2, 0.25) is 6.36 Å². The summed E-state index contributed by atoms with van der Waals surface area (Å²) >= 11 is 10.0. The number of carbonyl (C=O) groups excluding carboxylic acids is 2. The number of ether oxygens (including phenoxy) is 1.